The summed E-state index contributed by atoms with van der Waals surface area (Å²) in [5.41, 5.74) is 2.70. The number of hydrogen-bond acceptors (Lipinski definition) is 2. The standard InChI is InChI=1S/C15H25NO/c1-5-12-8-10-13(11-9-12)15(16-7-3)14(6-2)17-4/h8-11,14-16H,5-7H2,1-4H3. The summed E-state index contributed by atoms with van der Waals surface area (Å²) in [5, 5.41) is 3.51. The fourth-order valence-corrected chi connectivity index (χ4v) is 2.18. The van der Waals surface area contributed by atoms with Crippen LogP contribution in [0.1, 0.15) is 44.4 Å². The maximum absolute atomic E-state index is 5.56. The zero-order valence-electron chi connectivity index (χ0n) is 11.5. The zero-order valence-corrected chi connectivity index (χ0v) is 11.5. The van der Waals surface area contributed by atoms with E-state index in [1.54, 1.807) is 7.11 Å². The second kappa shape index (κ2) is 7.46. The Kier molecular flexibility index (Phi) is 6.23. The molecule has 0 heterocycles. The van der Waals surface area contributed by atoms with Crippen molar-refractivity contribution in [2.75, 3.05) is 13.7 Å². The van der Waals surface area contributed by atoms with Crippen LogP contribution in [-0.2, 0) is 11.2 Å². The average Bonchev–Trinajstić information content (AvgIpc) is 2.39. The monoisotopic (exact) mass is 235 g/mol. The number of benzene rings is 1. The van der Waals surface area contributed by atoms with Crippen LogP contribution in [0, 0.1) is 0 Å². The molecule has 2 heteroatoms. The Morgan fingerprint density at radius 2 is 1.76 bits per heavy atom. The zero-order chi connectivity index (χ0) is 12.7. The van der Waals surface area contributed by atoms with E-state index in [0.717, 1.165) is 19.4 Å². The van der Waals surface area contributed by atoms with E-state index in [2.05, 4.69) is 50.4 Å². The molecule has 96 valence electrons. The SMILES string of the molecule is CCNC(c1ccc(CC)cc1)C(CC)OC. The van der Waals surface area contributed by atoms with Crippen molar-refractivity contribution in [1.82, 2.24) is 5.32 Å². The summed E-state index contributed by atoms with van der Waals surface area (Å²) in [6.45, 7) is 7.44. The molecule has 17 heavy (non-hydrogen) atoms. The first-order chi connectivity index (χ1) is 8.26. The lowest BCUT2D eigenvalue weighted by atomic mass is 9.98. The summed E-state index contributed by atoms with van der Waals surface area (Å²) in [6.07, 6.45) is 2.35. The summed E-state index contributed by atoms with van der Waals surface area (Å²) in [6, 6.07) is 9.15. The van der Waals surface area contributed by atoms with Gasteiger partial charge in [-0.2, -0.15) is 0 Å². The molecule has 1 aromatic carbocycles. The number of methoxy groups -OCH3 is 1. The molecule has 1 aromatic rings. The summed E-state index contributed by atoms with van der Waals surface area (Å²) < 4.78 is 5.56. The molecule has 1 N–H and O–H groups in total. The van der Waals surface area contributed by atoms with Crippen LogP contribution in [0.3, 0.4) is 0 Å². The Balaban J connectivity index is 2.87. The van der Waals surface area contributed by atoms with E-state index in [4.69, 9.17) is 4.74 Å². The third-order valence-electron chi connectivity index (χ3n) is 3.25. The first kappa shape index (κ1) is 14.2. The Bertz CT molecular complexity index is 303. The lowest BCUT2D eigenvalue weighted by Gasteiger charge is -2.26. The normalized spacial score (nSPS) is 14.6. The van der Waals surface area contributed by atoms with Crippen molar-refractivity contribution in [3.8, 4) is 0 Å². The number of aryl methyl sites for hydroxylation is 1. The highest BCUT2D eigenvalue weighted by Gasteiger charge is 2.20. The van der Waals surface area contributed by atoms with E-state index in [0.29, 0.717) is 6.04 Å². The van der Waals surface area contributed by atoms with Gasteiger partial charge in [-0.3, -0.25) is 0 Å². The van der Waals surface area contributed by atoms with Gasteiger partial charge in [-0.1, -0.05) is 45.0 Å². The van der Waals surface area contributed by atoms with Crippen molar-refractivity contribution in [3.05, 3.63) is 35.4 Å². The summed E-state index contributed by atoms with van der Waals surface area (Å²) in [5.74, 6) is 0. The van der Waals surface area contributed by atoms with Crippen molar-refractivity contribution in [2.24, 2.45) is 0 Å². The predicted octanol–water partition coefficient (Wildman–Crippen LogP) is 3.32. The second-order valence-corrected chi connectivity index (χ2v) is 4.31. The molecule has 0 saturated heterocycles. The van der Waals surface area contributed by atoms with Gasteiger partial charge in [0.05, 0.1) is 12.1 Å². The molecule has 0 aliphatic rings. The van der Waals surface area contributed by atoms with Gasteiger partial charge in [0, 0.05) is 7.11 Å². The van der Waals surface area contributed by atoms with Gasteiger partial charge in [0.25, 0.3) is 0 Å². The molecular formula is C15H25NO. The Morgan fingerprint density at radius 3 is 2.18 bits per heavy atom. The molecule has 0 aliphatic heterocycles. The molecular weight excluding hydrogens is 210 g/mol. The summed E-state index contributed by atoms with van der Waals surface area (Å²) in [7, 11) is 1.79. The largest absolute Gasteiger partial charge is 0.379 e. The van der Waals surface area contributed by atoms with E-state index in [1.165, 1.54) is 11.1 Å². The number of nitrogens with one attached hydrogen (secondary N) is 1. The molecule has 2 atom stereocenters. The molecule has 0 amide bonds. The molecule has 2 unspecified atom stereocenters. The minimum absolute atomic E-state index is 0.238. The van der Waals surface area contributed by atoms with Crippen LogP contribution in [0.25, 0.3) is 0 Å². The van der Waals surface area contributed by atoms with Crippen LogP contribution >= 0.6 is 0 Å². The van der Waals surface area contributed by atoms with Gasteiger partial charge in [0.2, 0.25) is 0 Å². The minimum atomic E-state index is 0.238. The van der Waals surface area contributed by atoms with Crippen LogP contribution in [0.15, 0.2) is 24.3 Å². The van der Waals surface area contributed by atoms with Crippen LogP contribution in [0.2, 0.25) is 0 Å². The van der Waals surface area contributed by atoms with Crippen molar-refractivity contribution < 1.29 is 4.74 Å². The number of likely N-dealkylation sites (N-methyl/N-ethyl adjacent to an activating group) is 1. The second-order valence-electron chi connectivity index (χ2n) is 4.31. The van der Waals surface area contributed by atoms with E-state index in [-0.39, 0.29) is 6.10 Å². The Labute approximate surface area is 105 Å². The van der Waals surface area contributed by atoms with E-state index >= 15 is 0 Å². The van der Waals surface area contributed by atoms with Crippen LogP contribution in [0.4, 0.5) is 0 Å². The minimum Gasteiger partial charge on any atom is -0.379 e. The molecule has 1 rings (SSSR count). The predicted molar refractivity (Wildman–Crippen MR) is 73.3 cm³/mol. The van der Waals surface area contributed by atoms with Gasteiger partial charge in [-0.25, -0.2) is 0 Å². The topological polar surface area (TPSA) is 21.3 Å². The first-order valence-electron chi connectivity index (χ1n) is 6.61. The van der Waals surface area contributed by atoms with Crippen LogP contribution in [-0.4, -0.2) is 19.8 Å². The number of rotatable bonds is 7. The highest BCUT2D eigenvalue weighted by molar-refractivity contribution is 5.25. The molecule has 0 bridgehead atoms. The van der Waals surface area contributed by atoms with Gasteiger partial charge >= 0.3 is 0 Å². The summed E-state index contributed by atoms with van der Waals surface area (Å²) in [4.78, 5) is 0. The van der Waals surface area contributed by atoms with Gasteiger partial charge in [-0.15, -0.1) is 0 Å². The molecule has 2 nitrogen and oxygen atoms in total. The molecule has 0 spiro atoms. The molecule has 0 aromatic heterocycles. The number of ether oxygens (including phenoxy) is 1. The van der Waals surface area contributed by atoms with Gasteiger partial charge in [0.1, 0.15) is 0 Å². The smallest absolute Gasteiger partial charge is 0.0763 e. The van der Waals surface area contributed by atoms with E-state index in [1.807, 2.05) is 0 Å². The van der Waals surface area contributed by atoms with Crippen molar-refractivity contribution in [2.45, 2.75) is 45.8 Å². The lowest BCUT2D eigenvalue weighted by molar-refractivity contribution is 0.0656. The Morgan fingerprint density at radius 1 is 1.12 bits per heavy atom. The van der Waals surface area contributed by atoms with Gasteiger partial charge in [0.15, 0.2) is 0 Å². The van der Waals surface area contributed by atoms with Crippen molar-refractivity contribution in [3.63, 3.8) is 0 Å². The maximum atomic E-state index is 5.56. The highest BCUT2D eigenvalue weighted by Crippen LogP contribution is 2.21. The Hall–Kier alpha value is -0.860. The van der Waals surface area contributed by atoms with Gasteiger partial charge in [-0.05, 0) is 30.5 Å². The number of hydrogen-bond donors (Lipinski definition) is 1. The molecule has 0 radical (unpaired) electrons. The van der Waals surface area contributed by atoms with Gasteiger partial charge < -0.3 is 10.1 Å². The fourth-order valence-electron chi connectivity index (χ4n) is 2.18. The molecule has 0 aliphatic carbocycles. The van der Waals surface area contributed by atoms with Crippen molar-refractivity contribution >= 4 is 0 Å². The lowest BCUT2D eigenvalue weighted by Crippen LogP contribution is -2.32. The third-order valence-corrected chi connectivity index (χ3v) is 3.25. The summed E-state index contributed by atoms with van der Waals surface area (Å²) >= 11 is 0. The third kappa shape index (κ3) is 3.83. The van der Waals surface area contributed by atoms with Crippen molar-refractivity contribution in [1.29, 1.82) is 0 Å². The fraction of sp³-hybridized carbons (Fsp3) is 0.600. The molecule has 0 fully saturated rings. The molecule has 0 saturated carbocycles. The average molecular weight is 235 g/mol. The highest BCUT2D eigenvalue weighted by atomic mass is 16.5. The quantitative estimate of drug-likeness (QED) is 0.782. The maximum Gasteiger partial charge on any atom is 0.0763 e. The van der Waals surface area contributed by atoms with E-state index < -0.39 is 0 Å². The first-order valence-corrected chi connectivity index (χ1v) is 6.61. The van der Waals surface area contributed by atoms with Crippen LogP contribution in [0.5, 0.6) is 0 Å². The van der Waals surface area contributed by atoms with Crippen LogP contribution < -0.4 is 5.32 Å². The van der Waals surface area contributed by atoms with E-state index in [9.17, 15) is 0 Å².